The summed E-state index contributed by atoms with van der Waals surface area (Å²) in [6, 6.07) is 10.1. The van der Waals surface area contributed by atoms with Gasteiger partial charge in [0.2, 0.25) is 0 Å². The summed E-state index contributed by atoms with van der Waals surface area (Å²) in [4.78, 5) is 2.83. The normalized spacial score (nSPS) is 32.2. The minimum atomic E-state index is 0.903. The topological polar surface area (TPSA) is 3.24 Å². The van der Waals surface area contributed by atoms with Crippen molar-refractivity contribution >= 4 is 0 Å². The number of benzene rings is 1. The third-order valence-corrected chi connectivity index (χ3v) is 5.52. The predicted octanol–water partition coefficient (Wildman–Crippen LogP) is 4.30. The van der Waals surface area contributed by atoms with Gasteiger partial charge in [0.25, 0.3) is 0 Å². The van der Waals surface area contributed by atoms with Crippen LogP contribution in [0.15, 0.2) is 24.3 Å². The van der Waals surface area contributed by atoms with Gasteiger partial charge in [-0.3, -0.25) is 4.90 Å². The van der Waals surface area contributed by atoms with Crippen LogP contribution in [0.2, 0.25) is 0 Å². The molecule has 2 aliphatic carbocycles. The lowest BCUT2D eigenvalue weighted by Crippen LogP contribution is -2.40. The smallest absolute Gasteiger partial charge is 0.0158 e. The zero-order chi connectivity index (χ0) is 13.9. The highest BCUT2D eigenvalue weighted by molar-refractivity contribution is 5.30. The fraction of sp³-hybridized carbons (Fsp3) is 0.684. The Morgan fingerprint density at radius 1 is 0.850 bits per heavy atom. The van der Waals surface area contributed by atoms with E-state index in [0.717, 1.165) is 17.9 Å². The van der Waals surface area contributed by atoms with Gasteiger partial charge in [-0.25, -0.2) is 0 Å². The Hall–Kier alpha value is -0.820. The van der Waals surface area contributed by atoms with Crippen LogP contribution in [0.4, 0.5) is 0 Å². The lowest BCUT2D eigenvalue weighted by atomic mass is 9.94. The quantitative estimate of drug-likeness (QED) is 0.736. The van der Waals surface area contributed by atoms with Crippen LogP contribution in [0.5, 0.6) is 0 Å². The van der Waals surface area contributed by atoms with Crippen molar-refractivity contribution < 1.29 is 0 Å². The maximum absolute atomic E-state index is 2.83. The summed E-state index contributed by atoms with van der Waals surface area (Å²) in [5.41, 5.74) is 3.29. The molecule has 1 saturated carbocycles. The molecule has 1 nitrogen and oxygen atoms in total. The molecule has 1 heteroatoms. The van der Waals surface area contributed by atoms with Crippen LogP contribution >= 0.6 is 0 Å². The van der Waals surface area contributed by atoms with Crippen molar-refractivity contribution in [2.24, 2.45) is 11.8 Å². The van der Waals surface area contributed by atoms with E-state index >= 15 is 0 Å². The van der Waals surface area contributed by atoms with Gasteiger partial charge in [-0.1, -0.05) is 38.1 Å². The molecule has 0 aromatic heterocycles. The third-order valence-electron chi connectivity index (χ3n) is 5.52. The molecule has 0 N–H and O–H groups in total. The average molecular weight is 271 g/mol. The van der Waals surface area contributed by atoms with E-state index in [1.807, 2.05) is 13.8 Å². The van der Waals surface area contributed by atoms with E-state index in [0.29, 0.717) is 0 Å². The zero-order valence-electron chi connectivity index (χ0n) is 13.1. The van der Waals surface area contributed by atoms with E-state index in [4.69, 9.17) is 0 Å². The zero-order valence-corrected chi connectivity index (χ0v) is 13.1. The molecule has 1 saturated heterocycles. The third kappa shape index (κ3) is 2.53. The largest absolute Gasteiger partial charge is 0.300 e. The first-order valence-corrected chi connectivity index (χ1v) is 8.72. The van der Waals surface area contributed by atoms with E-state index in [1.165, 1.54) is 51.6 Å². The molecule has 4 rings (SSSR count). The molecule has 2 fully saturated rings. The van der Waals surface area contributed by atoms with Crippen LogP contribution in [0, 0.1) is 11.8 Å². The molecule has 1 aromatic carbocycles. The molecule has 1 aliphatic heterocycles. The Balaban J connectivity index is 0.000000581. The Morgan fingerprint density at radius 2 is 1.35 bits per heavy atom. The summed E-state index contributed by atoms with van der Waals surface area (Å²) < 4.78 is 0. The van der Waals surface area contributed by atoms with Crippen molar-refractivity contribution in [1.29, 1.82) is 0 Å². The summed E-state index contributed by atoms with van der Waals surface area (Å²) in [5.74, 6) is 1.88. The molecule has 0 amide bonds. The van der Waals surface area contributed by atoms with Gasteiger partial charge in [-0.2, -0.15) is 0 Å². The van der Waals surface area contributed by atoms with Gasteiger partial charge in [0.1, 0.15) is 0 Å². The van der Waals surface area contributed by atoms with Crippen LogP contribution < -0.4 is 0 Å². The standard InChI is InChI=1S/C17H23N.C2H6/c1-2-6-14-12-16-8-7-15(11-13(14)5-1)17(16)18-9-3-4-10-18;1-2/h1-2,5-6,15-17H,3-4,7-12H2;1-2H3. The van der Waals surface area contributed by atoms with Gasteiger partial charge >= 0.3 is 0 Å². The first kappa shape index (κ1) is 14.1. The summed E-state index contributed by atoms with van der Waals surface area (Å²) in [5, 5.41) is 0. The van der Waals surface area contributed by atoms with E-state index in [1.54, 1.807) is 11.1 Å². The first-order valence-electron chi connectivity index (χ1n) is 8.72. The summed E-state index contributed by atoms with van der Waals surface area (Å²) in [7, 11) is 0. The van der Waals surface area contributed by atoms with Crippen LogP contribution in [-0.4, -0.2) is 24.0 Å². The van der Waals surface area contributed by atoms with Crippen molar-refractivity contribution in [3.05, 3.63) is 35.4 Å². The van der Waals surface area contributed by atoms with E-state index in [2.05, 4.69) is 29.2 Å². The SMILES string of the molecule is CC.c1ccc2c(c1)CC1CCC(C2)C1N1CCCC1. The molecule has 20 heavy (non-hydrogen) atoms. The maximum Gasteiger partial charge on any atom is 0.0158 e. The summed E-state index contributed by atoms with van der Waals surface area (Å²) in [6.07, 6.45) is 8.49. The van der Waals surface area contributed by atoms with Gasteiger partial charge in [0.05, 0.1) is 0 Å². The Kier molecular flexibility index (Phi) is 4.45. The second-order valence-electron chi connectivity index (χ2n) is 6.51. The Bertz CT molecular complexity index is 400. The number of nitrogens with zero attached hydrogens (tertiary/aromatic N) is 1. The van der Waals surface area contributed by atoms with Gasteiger partial charge in [-0.15, -0.1) is 0 Å². The Morgan fingerprint density at radius 3 is 1.85 bits per heavy atom. The summed E-state index contributed by atoms with van der Waals surface area (Å²) in [6.45, 7) is 6.74. The lowest BCUT2D eigenvalue weighted by molar-refractivity contribution is 0.159. The molecular weight excluding hydrogens is 242 g/mol. The van der Waals surface area contributed by atoms with Crippen LogP contribution in [0.3, 0.4) is 0 Å². The average Bonchev–Trinajstić information content (AvgIpc) is 3.08. The van der Waals surface area contributed by atoms with Crippen LogP contribution in [-0.2, 0) is 12.8 Å². The number of fused-ring (bicyclic) bond motifs is 3. The minimum Gasteiger partial charge on any atom is -0.300 e. The Labute approximate surface area is 124 Å². The van der Waals surface area contributed by atoms with E-state index in [-0.39, 0.29) is 0 Å². The van der Waals surface area contributed by atoms with Crippen molar-refractivity contribution in [3.8, 4) is 0 Å². The number of hydrogen-bond donors (Lipinski definition) is 0. The van der Waals surface area contributed by atoms with Gasteiger partial charge in [0, 0.05) is 6.04 Å². The van der Waals surface area contributed by atoms with Gasteiger partial charge in [0.15, 0.2) is 0 Å². The molecule has 110 valence electrons. The molecule has 0 radical (unpaired) electrons. The molecule has 3 aliphatic rings. The highest BCUT2D eigenvalue weighted by atomic mass is 15.2. The van der Waals surface area contributed by atoms with Crippen LogP contribution in [0.25, 0.3) is 0 Å². The minimum absolute atomic E-state index is 0.903. The second kappa shape index (κ2) is 6.30. The molecule has 1 heterocycles. The van der Waals surface area contributed by atoms with Gasteiger partial charge < -0.3 is 0 Å². The van der Waals surface area contributed by atoms with Crippen molar-refractivity contribution in [2.75, 3.05) is 13.1 Å². The maximum atomic E-state index is 2.83. The van der Waals surface area contributed by atoms with Crippen molar-refractivity contribution in [3.63, 3.8) is 0 Å². The lowest BCUT2D eigenvalue weighted by Gasteiger charge is -2.32. The molecule has 2 bridgehead atoms. The second-order valence-corrected chi connectivity index (χ2v) is 6.51. The van der Waals surface area contributed by atoms with Crippen molar-refractivity contribution in [2.45, 2.75) is 58.4 Å². The molecular formula is C19H29N. The number of hydrogen-bond acceptors (Lipinski definition) is 1. The number of likely N-dealkylation sites (tertiary alicyclic amines) is 1. The molecule has 2 atom stereocenters. The number of rotatable bonds is 1. The molecule has 2 unspecified atom stereocenters. The first-order chi connectivity index (χ1) is 9.92. The fourth-order valence-electron chi connectivity index (χ4n) is 4.76. The monoisotopic (exact) mass is 271 g/mol. The predicted molar refractivity (Wildman–Crippen MR) is 86.0 cm³/mol. The van der Waals surface area contributed by atoms with E-state index < -0.39 is 0 Å². The molecule has 0 spiro atoms. The highest BCUT2D eigenvalue weighted by Crippen LogP contribution is 2.43. The fourth-order valence-corrected chi connectivity index (χ4v) is 4.76. The van der Waals surface area contributed by atoms with Crippen molar-refractivity contribution in [1.82, 2.24) is 4.90 Å². The van der Waals surface area contributed by atoms with E-state index in [9.17, 15) is 0 Å². The summed E-state index contributed by atoms with van der Waals surface area (Å²) >= 11 is 0. The molecule has 1 aromatic rings. The van der Waals surface area contributed by atoms with Crippen LogP contribution in [0.1, 0.15) is 50.7 Å². The van der Waals surface area contributed by atoms with Gasteiger partial charge in [-0.05, 0) is 74.6 Å². The highest BCUT2D eigenvalue weighted by Gasteiger charge is 2.42.